The van der Waals surface area contributed by atoms with Gasteiger partial charge in [0, 0.05) is 22.4 Å². The fourth-order valence-electron chi connectivity index (χ4n) is 2.99. The first-order chi connectivity index (χ1) is 10.6. The number of hydrogen-bond acceptors (Lipinski definition) is 2. The average molecular weight is 315 g/mol. The van der Waals surface area contributed by atoms with Crippen molar-refractivity contribution in [1.29, 1.82) is 0 Å². The highest BCUT2D eigenvalue weighted by Gasteiger charge is 2.30. The highest BCUT2D eigenvalue weighted by molar-refractivity contribution is 6.30. The summed E-state index contributed by atoms with van der Waals surface area (Å²) in [6.45, 7) is 4.35. The van der Waals surface area contributed by atoms with Crippen molar-refractivity contribution in [1.82, 2.24) is 0 Å². The third-order valence-electron chi connectivity index (χ3n) is 4.11. The van der Waals surface area contributed by atoms with Gasteiger partial charge in [0.25, 0.3) is 0 Å². The molecule has 0 saturated heterocycles. The minimum atomic E-state index is 0.0804. The van der Waals surface area contributed by atoms with Crippen molar-refractivity contribution in [3.8, 4) is 0 Å². The summed E-state index contributed by atoms with van der Waals surface area (Å²) < 4.78 is 0. The Morgan fingerprint density at radius 2 is 2.09 bits per heavy atom. The molecule has 0 aromatic heterocycles. The van der Waals surface area contributed by atoms with Crippen LogP contribution in [0.15, 0.2) is 42.5 Å². The zero-order valence-electron chi connectivity index (χ0n) is 12.8. The van der Waals surface area contributed by atoms with Crippen LogP contribution in [0.2, 0.25) is 5.02 Å². The molecule has 1 atom stereocenters. The summed E-state index contributed by atoms with van der Waals surface area (Å²) in [4.78, 5) is 14.5. The third kappa shape index (κ3) is 2.81. The highest BCUT2D eigenvalue weighted by Crippen LogP contribution is 2.31. The molecule has 0 bridgehead atoms. The van der Waals surface area contributed by atoms with Gasteiger partial charge in [-0.25, -0.2) is 0 Å². The number of rotatable bonds is 3. The number of aryl methyl sites for hydroxylation is 1. The van der Waals surface area contributed by atoms with Crippen LogP contribution < -0.4 is 10.2 Å². The lowest BCUT2D eigenvalue weighted by molar-refractivity contribution is -0.117. The number of hydrogen-bond donors (Lipinski definition) is 1. The number of carbonyl (C=O) groups is 1. The maximum atomic E-state index is 12.6. The summed E-state index contributed by atoms with van der Waals surface area (Å²) in [6, 6.07) is 14.0. The standard InChI is InChI=1S/C18H19ClN2O/c1-12-7-8-15(19)10-16(12)20-11-18(22)21-13(2)9-14-5-3-4-6-17(14)21/h3-8,10,13,20H,9,11H2,1-2H3. The van der Waals surface area contributed by atoms with Crippen LogP contribution in [0.4, 0.5) is 11.4 Å². The molecule has 114 valence electrons. The van der Waals surface area contributed by atoms with Gasteiger partial charge in [0.05, 0.1) is 6.54 Å². The van der Waals surface area contributed by atoms with E-state index in [0.717, 1.165) is 23.4 Å². The summed E-state index contributed by atoms with van der Waals surface area (Å²) in [7, 11) is 0. The predicted molar refractivity (Wildman–Crippen MR) is 91.8 cm³/mol. The number of amides is 1. The van der Waals surface area contributed by atoms with Gasteiger partial charge in [0.1, 0.15) is 0 Å². The van der Waals surface area contributed by atoms with Gasteiger partial charge in [-0.1, -0.05) is 35.9 Å². The normalized spacial score (nSPS) is 16.5. The van der Waals surface area contributed by atoms with Crippen LogP contribution in [0.25, 0.3) is 0 Å². The summed E-state index contributed by atoms with van der Waals surface area (Å²) in [5, 5.41) is 3.87. The van der Waals surface area contributed by atoms with Crippen LogP contribution in [0.3, 0.4) is 0 Å². The Bertz CT molecular complexity index is 714. The number of anilines is 2. The van der Waals surface area contributed by atoms with Gasteiger partial charge < -0.3 is 10.2 Å². The van der Waals surface area contributed by atoms with Crippen LogP contribution in [0.5, 0.6) is 0 Å². The molecule has 0 aliphatic carbocycles. The van der Waals surface area contributed by atoms with Crippen LogP contribution in [-0.4, -0.2) is 18.5 Å². The lowest BCUT2D eigenvalue weighted by Crippen LogP contribution is -2.39. The van der Waals surface area contributed by atoms with Crippen molar-refractivity contribution in [2.75, 3.05) is 16.8 Å². The molecule has 22 heavy (non-hydrogen) atoms. The van der Waals surface area contributed by atoms with Gasteiger partial charge in [0.15, 0.2) is 0 Å². The molecule has 2 aromatic rings. The van der Waals surface area contributed by atoms with E-state index in [4.69, 9.17) is 11.6 Å². The molecule has 0 fully saturated rings. The number of nitrogens with one attached hydrogen (secondary N) is 1. The molecule has 4 heteroatoms. The molecular weight excluding hydrogens is 296 g/mol. The van der Waals surface area contributed by atoms with E-state index < -0.39 is 0 Å². The van der Waals surface area contributed by atoms with E-state index in [-0.39, 0.29) is 18.5 Å². The first-order valence-electron chi connectivity index (χ1n) is 7.46. The predicted octanol–water partition coefficient (Wildman–Crippen LogP) is 4.04. The highest BCUT2D eigenvalue weighted by atomic mass is 35.5. The zero-order chi connectivity index (χ0) is 15.7. The lowest BCUT2D eigenvalue weighted by atomic mass is 10.1. The van der Waals surface area contributed by atoms with Crippen molar-refractivity contribution in [3.05, 3.63) is 58.6 Å². The molecule has 0 radical (unpaired) electrons. The largest absolute Gasteiger partial charge is 0.376 e. The summed E-state index contributed by atoms with van der Waals surface area (Å²) in [5.41, 5.74) is 4.25. The minimum absolute atomic E-state index is 0.0804. The molecule has 1 amide bonds. The summed E-state index contributed by atoms with van der Waals surface area (Å²) >= 11 is 6.01. The van der Waals surface area contributed by atoms with E-state index in [9.17, 15) is 4.79 Å². The van der Waals surface area contributed by atoms with Crippen LogP contribution in [-0.2, 0) is 11.2 Å². The second-order valence-corrected chi connectivity index (χ2v) is 6.19. The number of para-hydroxylation sites is 1. The van der Waals surface area contributed by atoms with Crippen molar-refractivity contribution >= 4 is 28.9 Å². The number of fused-ring (bicyclic) bond motifs is 1. The van der Waals surface area contributed by atoms with Gasteiger partial charge in [-0.2, -0.15) is 0 Å². The molecule has 3 rings (SSSR count). The Morgan fingerprint density at radius 3 is 2.91 bits per heavy atom. The second kappa shape index (κ2) is 6.01. The quantitative estimate of drug-likeness (QED) is 0.927. The first-order valence-corrected chi connectivity index (χ1v) is 7.84. The van der Waals surface area contributed by atoms with Crippen LogP contribution >= 0.6 is 11.6 Å². The molecule has 3 nitrogen and oxygen atoms in total. The van der Waals surface area contributed by atoms with E-state index in [0.29, 0.717) is 5.02 Å². The molecular formula is C18H19ClN2O. The molecule has 0 saturated carbocycles. The topological polar surface area (TPSA) is 32.3 Å². The van der Waals surface area contributed by atoms with E-state index in [1.54, 1.807) is 0 Å². The first kappa shape index (κ1) is 14.9. The third-order valence-corrected chi connectivity index (χ3v) is 4.34. The molecule has 1 unspecified atom stereocenters. The van der Waals surface area contributed by atoms with E-state index in [1.165, 1.54) is 5.56 Å². The number of nitrogens with zero attached hydrogens (tertiary/aromatic N) is 1. The van der Waals surface area contributed by atoms with Crippen molar-refractivity contribution in [2.24, 2.45) is 0 Å². The Kier molecular flexibility index (Phi) is 4.08. The van der Waals surface area contributed by atoms with Crippen LogP contribution in [0.1, 0.15) is 18.1 Å². The Balaban J connectivity index is 1.74. The Labute approximate surface area is 135 Å². The van der Waals surface area contributed by atoms with Gasteiger partial charge in [-0.05, 0) is 49.6 Å². The average Bonchev–Trinajstić information content (AvgIpc) is 2.83. The summed E-state index contributed by atoms with van der Waals surface area (Å²) in [5.74, 6) is 0.0804. The lowest BCUT2D eigenvalue weighted by Gasteiger charge is -2.23. The van der Waals surface area contributed by atoms with Crippen LogP contribution in [0, 0.1) is 6.92 Å². The molecule has 1 aliphatic rings. The SMILES string of the molecule is Cc1ccc(Cl)cc1NCC(=O)N1c2ccccc2CC1C. The monoisotopic (exact) mass is 314 g/mol. The molecule has 1 heterocycles. The van der Waals surface area contributed by atoms with Gasteiger partial charge in [0.2, 0.25) is 5.91 Å². The van der Waals surface area contributed by atoms with E-state index >= 15 is 0 Å². The Morgan fingerprint density at radius 1 is 1.32 bits per heavy atom. The fourth-order valence-corrected chi connectivity index (χ4v) is 3.16. The molecule has 0 spiro atoms. The van der Waals surface area contributed by atoms with E-state index in [2.05, 4.69) is 18.3 Å². The number of benzene rings is 2. The maximum absolute atomic E-state index is 12.6. The molecule has 1 aliphatic heterocycles. The van der Waals surface area contributed by atoms with Gasteiger partial charge >= 0.3 is 0 Å². The van der Waals surface area contributed by atoms with Crippen molar-refractivity contribution < 1.29 is 4.79 Å². The van der Waals surface area contributed by atoms with Gasteiger partial charge in [-0.15, -0.1) is 0 Å². The zero-order valence-corrected chi connectivity index (χ0v) is 13.5. The molecule has 1 N–H and O–H groups in total. The van der Waals surface area contributed by atoms with Gasteiger partial charge in [-0.3, -0.25) is 4.79 Å². The second-order valence-electron chi connectivity index (χ2n) is 5.76. The van der Waals surface area contributed by atoms with E-state index in [1.807, 2.05) is 48.2 Å². The number of carbonyl (C=O) groups excluding carboxylic acids is 1. The smallest absolute Gasteiger partial charge is 0.246 e. The fraction of sp³-hybridized carbons (Fsp3) is 0.278. The van der Waals surface area contributed by atoms with Crippen molar-refractivity contribution in [2.45, 2.75) is 26.3 Å². The Hall–Kier alpha value is -2.00. The molecule has 2 aromatic carbocycles. The minimum Gasteiger partial charge on any atom is -0.376 e. The number of halogens is 1. The summed E-state index contributed by atoms with van der Waals surface area (Å²) in [6.07, 6.45) is 0.915. The van der Waals surface area contributed by atoms with Crippen molar-refractivity contribution in [3.63, 3.8) is 0 Å². The maximum Gasteiger partial charge on any atom is 0.246 e.